The fourth-order valence-corrected chi connectivity index (χ4v) is 1.45. The smallest absolute Gasteiger partial charge is 0.305 e. The molecule has 0 saturated heterocycles. The Morgan fingerprint density at radius 3 is 2.71 bits per heavy atom. The summed E-state index contributed by atoms with van der Waals surface area (Å²) in [7, 11) is 1.62. The second-order valence-corrected chi connectivity index (χ2v) is 3.98. The first-order valence-corrected chi connectivity index (χ1v) is 5.45. The molecule has 0 saturated carbocycles. The minimum Gasteiger partial charge on any atom is -0.481 e. The highest BCUT2D eigenvalue weighted by molar-refractivity contribution is 5.77. The van der Waals surface area contributed by atoms with Crippen LogP contribution in [-0.2, 0) is 16.0 Å². The standard InChI is InChI=1S/C11H17N3O3/c1-8-9(7-12-13-8)3-4-10(15)14(2)6-5-11(16)17/h7H,3-6H2,1-2H3,(H,12,13)(H,16,17). The Morgan fingerprint density at radius 1 is 1.47 bits per heavy atom. The van der Waals surface area contributed by atoms with Crippen LogP contribution in [0.1, 0.15) is 24.1 Å². The van der Waals surface area contributed by atoms with Gasteiger partial charge in [-0.15, -0.1) is 0 Å². The van der Waals surface area contributed by atoms with E-state index in [1.807, 2.05) is 6.92 Å². The van der Waals surface area contributed by atoms with Crippen molar-refractivity contribution in [2.24, 2.45) is 0 Å². The van der Waals surface area contributed by atoms with Crippen LogP contribution in [0.2, 0.25) is 0 Å². The number of rotatable bonds is 6. The molecule has 0 atom stereocenters. The molecule has 1 amide bonds. The number of aryl methyl sites for hydroxylation is 2. The number of nitrogens with zero attached hydrogens (tertiary/aromatic N) is 2. The molecule has 6 heteroatoms. The Balaban J connectivity index is 2.34. The maximum absolute atomic E-state index is 11.7. The van der Waals surface area contributed by atoms with Gasteiger partial charge in [0.25, 0.3) is 0 Å². The van der Waals surface area contributed by atoms with Crippen molar-refractivity contribution in [3.8, 4) is 0 Å². The topological polar surface area (TPSA) is 86.3 Å². The molecule has 0 aromatic carbocycles. The van der Waals surface area contributed by atoms with Gasteiger partial charge in [0.2, 0.25) is 5.91 Å². The molecular weight excluding hydrogens is 222 g/mol. The van der Waals surface area contributed by atoms with Crippen molar-refractivity contribution in [2.45, 2.75) is 26.2 Å². The van der Waals surface area contributed by atoms with Gasteiger partial charge in [-0.3, -0.25) is 14.7 Å². The fraction of sp³-hybridized carbons (Fsp3) is 0.545. The lowest BCUT2D eigenvalue weighted by Crippen LogP contribution is -2.29. The summed E-state index contributed by atoms with van der Waals surface area (Å²) in [6.07, 6.45) is 2.68. The number of hydrogen-bond acceptors (Lipinski definition) is 3. The first-order valence-electron chi connectivity index (χ1n) is 5.45. The Morgan fingerprint density at radius 2 is 2.18 bits per heavy atom. The summed E-state index contributed by atoms with van der Waals surface area (Å²) in [5.41, 5.74) is 1.98. The van der Waals surface area contributed by atoms with Gasteiger partial charge in [-0.05, 0) is 18.9 Å². The van der Waals surface area contributed by atoms with Crippen LogP contribution in [0.5, 0.6) is 0 Å². The van der Waals surface area contributed by atoms with Gasteiger partial charge in [-0.2, -0.15) is 5.10 Å². The molecule has 0 unspecified atom stereocenters. The summed E-state index contributed by atoms with van der Waals surface area (Å²) >= 11 is 0. The van der Waals surface area contributed by atoms with Crippen molar-refractivity contribution < 1.29 is 14.7 Å². The second-order valence-electron chi connectivity index (χ2n) is 3.98. The summed E-state index contributed by atoms with van der Waals surface area (Å²) in [4.78, 5) is 23.5. The lowest BCUT2D eigenvalue weighted by molar-refractivity contribution is -0.138. The van der Waals surface area contributed by atoms with E-state index >= 15 is 0 Å². The maximum atomic E-state index is 11.7. The predicted molar refractivity (Wildman–Crippen MR) is 61.5 cm³/mol. The van der Waals surface area contributed by atoms with Gasteiger partial charge in [-0.25, -0.2) is 0 Å². The number of nitrogens with one attached hydrogen (secondary N) is 1. The molecule has 0 aliphatic rings. The molecule has 0 aliphatic heterocycles. The molecule has 1 aromatic heterocycles. The Bertz CT molecular complexity index is 400. The number of carbonyl (C=O) groups excluding carboxylic acids is 1. The molecule has 17 heavy (non-hydrogen) atoms. The first kappa shape index (κ1) is 13.2. The molecule has 2 N–H and O–H groups in total. The lowest BCUT2D eigenvalue weighted by atomic mass is 10.1. The van der Waals surface area contributed by atoms with Crippen molar-refractivity contribution in [2.75, 3.05) is 13.6 Å². The zero-order chi connectivity index (χ0) is 12.8. The van der Waals surface area contributed by atoms with Crippen LogP contribution >= 0.6 is 0 Å². The van der Waals surface area contributed by atoms with Crippen LogP contribution in [-0.4, -0.2) is 45.7 Å². The number of aromatic amines is 1. The molecule has 1 rings (SSSR count). The Kier molecular flexibility index (Phi) is 4.68. The fourth-order valence-electron chi connectivity index (χ4n) is 1.45. The predicted octanol–water partition coefficient (Wildman–Crippen LogP) is 0.584. The van der Waals surface area contributed by atoms with Crippen molar-refractivity contribution in [3.63, 3.8) is 0 Å². The van der Waals surface area contributed by atoms with E-state index in [4.69, 9.17) is 5.11 Å². The largest absolute Gasteiger partial charge is 0.481 e. The normalized spacial score (nSPS) is 10.2. The van der Waals surface area contributed by atoms with E-state index < -0.39 is 5.97 Å². The molecule has 0 fully saturated rings. The van der Waals surface area contributed by atoms with Crippen LogP contribution in [0, 0.1) is 6.92 Å². The number of aromatic nitrogens is 2. The average molecular weight is 239 g/mol. The van der Waals surface area contributed by atoms with E-state index in [2.05, 4.69) is 10.2 Å². The summed E-state index contributed by atoms with van der Waals surface area (Å²) in [5, 5.41) is 15.2. The number of carbonyl (C=O) groups is 2. The number of hydrogen-bond donors (Lipinski definition) is 2. The van der Waals surface area contributed by atoms with E-state index in [9.17, 15) is 9.59 Å². The van der Waals surface area contributed by atoms with Gasteiger partial charge in [0.05, 0.1) is 12.6 Å². The number of carboxylic acid groups (broad SMARTS) is 1. The van der Waals surface area contributed by atoms with Crippen LogP contribution in [0.25, 0.3) is 0 Å². The SMILES string of the molecule is Cc1[nH]ncc1CCC(=O)N(C)CCC(=O)O. The van der Waals surface area contributed by atoms with Gasteiger partial charge < -0.3 is 10.0 Å². The number of aliphatic carboxylic acids is 1. The maximum Gasteiger partial charge on any atom is 0.305 e. The highest BCUT2D eigenvalue weighted by Crippen LogP contribution is 2.07. The van der Waals surface area contributed by atoms with Gasteiger partial charge >= 0.3 is 5.97 Å². The Labute approximate surface area is 99.6 Å². The molecule has 0 radical (unpaired) electrons. The second kappa shape index (κ2) is 6.03. The van der Waals surface area contributed by atoms with Crippen molar-refractivity contribution in [1.82, 2.24) is 15.1 Å². The van der Waals surface area contributed by atoms with E-state index in [0.717, 1.165) is 11.3 Å². The molecule has 6 nitrogen and oxygen atoms in total. The zero-order valence-electron chi connectivity index (χ0n) is 10.1. The third-order valence-electron chi connectivity index (χ3n) is 2.63. The summed E-state index contributed by atoms with van der Waals surface area (Å²) in [6.45, 7) is 2.15. The number of carboxylic acids is 1. The number of amides is 1. The molecule has 1 aromatic rings. The van der Waals surface area contributed by atoms with Crippen LogP contribution in [0.4, 0.5) is 0 Å². The molecule has 1 heterocycles. The summed E-state index contributed by atoms with van der Waals surface area (Å²) in [6, 6.07) is 0. The van der Waals surface area contributed by atoms with Gasteiger partial charge in [0.1, 0.15) is 0 Å². The number of H-pyrrole nitrogens is 1. The minimum absolute atomic E-state index is 0.0209. The first-order chi connectivity index (χ1) is 8.00. The van der Waals surface area contributed by atoms with E-state index in [1.165, 1.54) is 4.90 Å². The van der Waals surface area contributed by atoms with Crippen LogP contribution in [0.3, 0.4) is 0 Å². The van der Waals surface area contributed by atoms with E-state index in [1.54, 1.807) is 13.2 Å². The molecule has 0 aliphatic carbocycles. The van der Waals surface area contributed by atoms with Crippen molar-refractivity contribution >= 4 is 11.9 Å². The lowest BCUT2D eigenvalue weighted by Gasteiger charge is -2.15. The average Bonchev–Trinajstić information content (AvgIpc) is 2.68. The summed E-state index contributed by atoms with van der Waals surface area (Å²) < 4.78 is 0. The van der Waals surface area contributed by atoms with Crippen LogP contribution < -0.4 is 0 Å². The van der Waals surface area contributed by atoms with E-state index in [-0.39, 0.29) is 18.9 Å². The summed E-state index contributed by atoms with van der Waals surface area (Å²) in [5.74, 6) is -0.942. The van der Waals surface area contributed by atoms with Gasteiger partial charge in [0, 0.05) is 25.7 Å². The monoisotopic (exact) mass is 239 g/mol. The van der Waals surface area contributed by atoms with Crippen molar-refractivity contribution in [3.05, 3.63) is 17.5 Å². The molecule has 0 bridgehead atoms. The van der Waals surface area contributed by atoms with Gasteiger partial charge in [0.15, 0.2) is 0 Å². The minimum atomic E-state index is -0.893. The Hall–Kier alpha value is -1.85. The molecule has 0 spiro atoms. The third kappa shape index (κ3) is 4.26. The third-order valence-corrected chi connectivity index (χ3v) is 2.63. The van der Waals surface area contributed by atoms with Gasteiger partial charge in [-0.1, -0.05) is 0 Å². The molecule has 94 valence electrons. The molecular formula is C11H17N3O3. The zero-order valence-corrected chi connectivity index (χ0v) is 10.1. The van der Waals surface area contributed by atoms with E-state index in [0.29, 0.717) is 12.8 Å². The van der Waals surface area contributed by atoms with Crippen LogP contribution in [0.15, 0.2) is 6.20 Å². The highest BCUT2D eigenvalue weighted by atomic mass is 16.4. The highest BCUT2D eigenvalue weighted by Gasteiger charge is 2.11. The quantitative estimate of drug-likeness (QED) is 0.760. The van der Waals surface area contributed by atoms with Crippen molar-refractivity contribution in [1.29, 1.82) is 0 Å².